The topological polar surface area (TPSA) is 91.2 Å². The van der Waals surface area contributed by atoms with Crippen molar-refractivity contribution < 1.29 is 9.53 Å². The van der Waals surface area contributed by atoms with E-state index in [0.29, 0.717) is 17.9 Å². The van der Waals surface area contributed by atoms with Crippen LogP contribution in [0.15, 0.2) is 48.7 Å². The lowest BCUT2D eigenvalue weighted by Gasteiger charge is -2.16. The van der Waals surface area contributed by atoms with Gasteiger partial charge in [-0.1, -0.05) is 6.07 Å². The minimum Gasteiger partial charge on any atom is -0.483 e. The van der Waals surface area contributed by atoms with Crippen LogP contribution in [0.25, 0.3) is 0 Å². The second-order valence-corrected chi connectivity index (χ2v) is 3.99. The predicted molar refractivity (Wildman–Crippen MR) is 71.6 cm³/mol. The van der Waals surface area contributed by atoms with Crippen LogP contribution >= 0.6 is 0 Å². The Labute approximate surface area is 111 Å². The summed E-state index contributed by atoms with van der Waals surface area (Å²) in [4.78, 5) is 15.2. The summed E-state index contributed by atoms with van der Waals surface area (Å²) in [6.07, 6.45) is 1.37. The molecule has 1 heterocycles. The van der Waals surface area contributed by atoms with Gasteiger partial charge in [-0.3, -0.25) is 9.78 Å². The van der Waals surface area contributed by atoms with Crippen LogP contribution in [0.2, 0.25) is 0 Å². The van der Waals surface area contributed by atoms with Crippen LogP contribution in [-0.4, -0.2) is 17.4 Å². The first kappa shape index (κ1) is 13.0. The Hall–Kier alpha value is -2.40. The molecule has 5 heteroatoms. The smallest absolute Gasteiger partial charge is 0.248 e. The molecule has 98 valence electrons. The molecule has 4 N–H and O–H groups in total. The summed E-state index contributed by atoms with van der Waals surface area (Å²) in [5.74, 6) is 0.151. The number of pyridine rings is 1. The van der Waals surface area contributed by atoms with Gasteiger partial charge in [0.2, 0.25) is 5.91 Å². The van der Waals surface area contributed by atoms with Gasteiger partial charge in [0.1, 0.15) is 5.75 Å². The van der Waals surface area contributed by atoms with Crippen LogP contribution in [0.5, 0.6) is 5.75 Å². The normalized spacial score (nSPS) is 11.8. The van der Waals surface area contributed by atoms with Crippen molar-refractivity contribution in [3.8, 4) is 5.75 Å². The maximum absolute atomic E-state index is 11.0. The number of primary amides is 1. The fourth-order valence-corrected chi connectivity index (χ4v) is 1.66. The zero-order chi connectivity index (χ0) is 13.7. The minimum absolute atomic E-state index is 0.314. The molecule has 0 bridgehead atoms. The highest BCUT2D eigenvalue weighted by Gasteiger charge is 2.12. The Balaban J connectivity index is 2.12. The van der Waals surface area contributed by atoms with Gasteiger partial charge in [0.25, 0.3) is 0 Å². The zero-order valence-corrected chi connectivity index (χ0v) is 10.3. The molecule has 1 atom stereocenters. The Bertz CT molecular complexity index is 540. The molecule has 0 saturated heterocycles. The third kappa shape index (κ3) is 3.29. The van der Waals surface area contributed by atoms with E-state index in [9.17, 15) is 4.79 Å². The lowest BCUT2D eigenvalue weighted by Crippen LogP contribution is -2.19. The van der Waals surface area contributed by atoms with E-state index in [1.165, 1.54) is 0 Å². The standard InChI is InChI=1S/C14H15N3O2/c15-9-13(12-3-1-2-8-17-12)19-11-6-4-10(5-7-11)14(16)18/h1-8,13H,9,15H2,(H2,16,18). The number of nitrogens with two attached hydrogens (primary N) is 2. The summed E-state index contributed by atoms with van der Waals surface area (Å²) < 4.78 is 5.74. The number of carbonyl (C=O) groups is 1. The predicted octanol–water partition coefficient (Wildman–Crippen LogP) is 1.26. The number of aromatic nitrogens is 1. The lowest BCUT2D eigenvalue weighted by molar-refractivity contribution is 0.1000. The van der Waals surface area contributed by atoms with Crippen LogP contribution in [0.3, 0.4) is 0 Å². The largest absolute Gasteiger partial charge is 0.483 e. The van der Waals surface area contributed by atoms with E-state index >= 15 is 0 Å². The quantitative estimate of drug-likeness (QED) is 0.843. The minimum atomic E-state index is -0.466. The van der Waals surface area contributed by atoms with Crippen LogP contribution < -0.4 is 16.2 Å². The molecule has 0 fully saturated rings. The van der Waals surface area contributed by atoms with E-state index in [-0.39, 0.29) is 6.10 Å². The van der Waals surface area contributed by atoms with Gasteiger partial charge in [-0.05, 0) is 36.4 Å². The Kier molecular flexibility index (Phi) is 4.10. The summed E-state index contributed by atoms with van der Waals surface area (Å²) in [7, 11) is 0. The monoisotopic (exact) mass is 257 g/mol. The van der Waals surface area contributed by atoms with Gasteiger partial charge >= 0.3 is 0 Å². The number of ether oxygens (including phenoxy) is 1. The molecule has 1 aromatic heterocycles. The maximum atomic E-state index is 11.0. The Morgan fingerprint density at radius 2 is 1.95 bits per heavy atom. The lowest BCUT2D eigenvalue weighted by atomic mass is 10.2. The molecule has 1 unspecified atom stereocenters. The molecule has 0 spiro atoms. The molecular weight excluding hydrogens is 242 g/mol. The van der Waals surface area contributed by atoms with E-state index in [2.05, 4.69) is 4.98 Å². The molecule has 1 aromatic carbocycles. The molecule has 2 aromatic rings. The average molecular weight is 257 g/mol. The number of hydrogen-bond donors (Lipinski definition) is 2. The van der Waals surface area contributed by atoms with Crippen molar-refractivity contribution in [1.82, 2.24) is 4.98 Å². The number of rotatable bonds is 5. The summed E-state index contributed by atoms with van der Waals surface area (Å²) in [6, 6.07) is 12.2. The van der Waals surface area contributed by atoms with E-state index in [1.807, 2.05) is 18.2 Å². The van der Waals surface area contributed by atoms with Crippen molar-refractivity contribution in [2.75, 3.05) is 6.54 Å². The third-order valence-corrected chi connectivity index (χ3v) is 2.65. The van der Waals surface area contributed by atoms with Crippen molar-refractivity contribution in [1.29, 1.82) is 0 Å². The summed E-state index contributed by atoms with van der Waals surface area (Å²) in [5.41, 5.74) is 12.1. The second kappa shape index (κ2) is 5.97. The van der Waals surface area contributed by atoms with Crippen LogP contribution in [0.4, 0.5) is 0 Å². The molecule has 0 saturated carbocycles. The number of benzene rings is 1. The highest BCUT2D eigenvalue weighted by molar-refractivity contribution is 5.92. The zero-order valence-electron chi connectivity index (χ0n) is 10.3. The fourth-order valence-electron chi connectivity index (χ4n) is 1.66. The molecule has 1 amide bonds. The van der Waals surface area contributed by atoms with Gasteiger partial charge in [-0.25, -0.2) is 0 Å². The van der Waals surface area contributed by atoms with Gasteiger partial charge in [-0.15, -0.1) is 0 Å². The number of carbonyl (C=O) groups excluding carboxylic acids is 1. The van der Waals surface area contributed by atoms with Crippen molar-refractivity contribution in [2.24, 2.45) is 11.5 Å². The summed E-state index contributed by atoms with van der Waals surface area (Å²) in [5, 5.41) is 0. The Morgan fingerprint density at radius 3 is 2.47 bits per heavy atom. The molecule has 0 aliphatic heterocycles. The summed E-state index contributed by atoms with van der Waals surface area (Å²) >= 11 is 0. The fraction of sp³-hybridized carbons (Fsp3) is 0.143. The summed E-state index contributed by atoms with van der Waals surface area (Å²) in [6.45, 7) is 0.314. The van der Waals surface area contributed by atoms with Crippen molar-refractivity contribution in [2.45, 2.75) is 6.10 Å². The van der Waals surface area contributed by atoms with Crippen molar-refractivity contribution >= 4 is 5.91 Å². The second-order valence-electron chi connectivity index (χ2n) is 3.99. The first-order valence-electron chi connectivity index (χ1n) is 5.88. The highest BCUT2D eigenvalue weighted by atomic mass is 16.5. The molecule has 2 rings (SSSR count). The molecule has 5 nitrogen and oxygen atoms in total. The average Bonchev–Trinajstić information content (AvgIpc) is 2.46. The van der Waals surface area contributed by atoms with Crippen molar-refractivity contribution in [3.63, 3.8) is 0 Å². The van der Waals surface area contributed by atoms with Crippen LogP contribution in [-0.2, 0) is 0 Å². The first-order valence-corrected chi connectivity index (χ1v) is 5.88. The molecular formula is C14H15N3O2. The molecule has 0 radical (unpaired) electrons. The molecule has 19 heavy (non-hydrogen) atoms. The van der Waals surface area contributed by atoms with Gasteiger partial charge in [0.15, 0.2) is 6.10 Å². The number of hydrogen-bond acceptors (Lipinski definition) is 4. The third-order valence-electron chi connectivity index (χ3n) is 2.65. The van der Waals surface area contributed by atoms with E-state index in [1.54, 1.807) is 30.5 Å². The van der Waals surface area contributed by atoms with Gasteiger partial charge in [0, 0.05) is 18.3 Å². The van der Waals surface area contributed by atoms with Crippen molar-refractivity contribution in [3.05, 3.63) is 59.9 Å². The number of amides is 1. The molecule has 0 aliphatic rings. The maximum Gasteiger partial charge on any atom is 0.248 e. The highest BCUT2D eigenvalue weighted by Crippen LogP contribution is 2.20. The Morgan fingerprint density at radius 1 is 1.21 bits per heavy atom. The molecule has 0 aliphatic carbocycles. The SMILES string of the molecule is NCC(Oc1ccc(C(N)=O)cc1)c1ccccn1. The van der Waals surface area contributed by atoms with Crippen LogP contribution in [0, 0.1) is 0 Å². The van der Waals surface area contributed by atoms with Crippen LogP contribution in [0.1, 0.15) is 22.2 Å². The van der Waals surface area contributed by atoms with E-state index in [4.69, 9.17) is 16.2 Å². The van der Waals surface area contributed by atoms with Gasteiger partial charge in [-0.2, -0.15) is 0 Å². The van der Waals surface area contributed by atoms with Gasteiger partial charge in [0.05, 0.1) is 5.69 Å². The van der Waals surface area contributed by atoms with E-state index in [0.717, 1.165) is 5.69 Å². The van der Waals surface area contributed by atoms with Gasteiger partial charge < -0.3 is 16.2 Å². The first-order chi connectivity index (χ1) is 9.20. The van der Waals surface area contributed by atoms with E-state index < -0.39 is 5.91 Å². The number of nitrogens with zero attached hydrogens (tertiary/aromatic N) is 1.